The van der Waals surface area contributed by atoms with Gasteiger partial charge in [-0.05, 0) is 48.9 Å². The van der Waals surface area contributed by atoms with Crippen LogP contribution in [0.4, 0.5) is 4.39 Å². The highest BCUT2D eigenvalue weighted by molar-refractivity contribution is 14.0. The van der Waals surface area contributed by atoms with Crippen LogP contribution < -0.4 is 10.6 Å². The molecule has 26 heavy (non-hydrogen) atoms. The van der Waals surface area contributed by atoms with Crippen LogP contribution >= 0.6 is 24.0 Å². The van der Waals surface area contributed by atoms with Crippen LogP contribution in [-0.2, 0) is 22.1 Å². The molecule has 0 bridgehead atoms. The predicted molar refractivity (Wildman–Crippen MR) is 117 cm³/mol. The van der Waals surface area contributed by atoms with Gasteiger partial charge in [0.05, 0.1) is 12.3 Å². The molecule has 0 radical (unpaired) electrons. The number of aliphatic imine (C=N–C) groups is 1. The van der Waals surface area contributed by atoms with Crippen molar-refractivity contribution in [2.24, 2.45) is 10.9 Å². The first kappa shape index (κ1) is 25.1. The number of rotatable bonds is 9. The van der Waals surface area contributed by atoms with E-state index in [1.54, 1.807) is 0 Å². The average molecular weight is 499 g/mol. The predicted octanol–water partition coefficient (Wildman–Crippen LogP) is 3.48. The summed E-state index contributed by atoms with van der Waals surface area (Å²) in [6, 6.07) is 4.15. The van der Waals surface area contributed by atoms with Crippen molar-refractivity contribution in [3.8, 4) is 0 Å². The van der Waals surface area contributed by atoms with Crippen LogP contribution in [0.15, 0.2) is 23.2 Å². The largest absolute Gasteiger partial charge is 0.357 e. The molecule has 0 aromatic heterocycles. The molecule has 0 heterocycles. The molecule has 0 spiro atoms. The van der Waals surface area contributed by atoms with Gasteiger partial charge in [-0.3, -0.25) is 0 Å². The van der Waals surface area contributed by atoms with E-state index in [-0.39, 0.29) is 36.3 Å². The number of nitrogens with zero attached hydrogens (tertiary/aromatic N) is 1. The van der Waals surface area contributed by atoms with E-state index in [1.165, 1.54) is 24.5 Å². The molecule has 1 aromatic rings. The fourth-order valence-corrected chi connectivity index (χ4v) is 3.23. The van der Waals surface area contributed by atoms with Crippen LogP contribution in [0.2, 0.25) is 0 Å². The van der Waals surface area contributed by atoms with Gasteiger partial charge in [0, 0.05) is 19.3 Å². The summed E-state index contributed by atoms with van der Waals surface area (Å²) in [6.07, 6.45) is 3.35. The molecule has 5 nitrogen and oxygen atoms in total. The number of guanidine groups is 1. The van der Waals surface area contributed by atoms with Crippen LogP contribution in [0, 0.1) is 11.7 Å². The molecule has 2 N–H and O–H groups in total. The Morgan fingerprint density at radius 2 is 1.92 bits per heavy atom. The van der Waals surface area contributed by atoms with E-state index in [2.05, 4.69) is 29.5 Å². The number of halogens is 2. The van der Waals surface area contributed by atoms with Gasteiger partial charge in [-0.1, -0.05) is 19.9 Å². The summed E-state index contributed by atoms with van der Waals surface area (Å²) in [5, 5.41) is 6.41. The first-order valence-corrected chi connectivity index (χ1v) is 10.7. The van der Waals surface area contributed by atoms with E-state index in [9.17, 15) is 12.8 Å². The summed E-state index contributed by atoms with van der Waals surface area (Å²) in [7, 11) is -3.19. The lowest BCUT2D eigenvalue weighted by Crippen LogP contribution is -2.37. The number of hydrogen-bond acceptors (Lipinski definition) is 3. The topological polar surface area (TPSA) is 70.6 Å². The molecule has 8 heteroatoms. The van der Waals surface area contributed by atoms with Gasteiger partial charge >= 0.3 is 0 Å². The highest BCUT2D eigenvalue weighted by atomic mass is 127. The number of benzene rings is 1. The Morgan fingerprint density at radius 1 is 1.23 bits per heavy atom. The van der Waals surface area contributed by atoms with Crippen LogP contribution in [0.1, 0.15) is 44.7 Å². The normalized spacial score (nSPS) is 12.0. The molecule has 1 aromatic carbocycles. The quantitative estimate of drug-likeness (QED) is 0.236. The molecule has 0 atom stereocenters. The molecule has 0 aliphatic carbocycles. The zero-order valence-corrected chi connectivity index (χ0v) is 19.2. The zero-order valence-electron chi connectivity index (χ0n) is 16.0. The van der Waals surface area contributed by atoms with Crippen molar-refractivity contribution in [3.05, 3.63) is 35.1 Å². The van der Waals surface area contributed by atoms with E-state index >= 15 is 0 Å². The number of nitrogens with one attached hydrogen (secondary N) is 2. The molecule has 0 amide bonds. The molecule has 0 aliphatic rings. The second-order valence-electron chi connectivity index (χ2n) is 6.64. The Hall–Kier alpha value is -0.900. The summed E-state index contributed by atoms with van der Waals surface area (Å²) in [5.41, 5.74) is 1.17. The molecule has 0 unspecified atom stereocenters. The van der Waals surface area contributed by atoms with Crippen molar-refractivity contribution in [1.29, 1.82) is 0 Å². The monoisotopic (exact) mass is 499 g/mol. The van der Waals surface area contributed by atoms with E-state index in [4.69, 9.17) is 0 Å². The lowest BCUT2D eigenvalue weighted by atomic mass is 10.1. The minimum Gasteiger partial charge on any atom is -0.357 e. The van der Waals surface area contributed by atoms with Gasteiger partial charge in [0.2, 0.25) is 0 Å². The van der Waals surface area contributed by atoms with E-state index in [0.29, 0.717) is 23.0 Å². The van der Waals surface area contributed by atoms with E-state index < -0.39 is 15.7 Å². The molecule has 150 valence electrons. The highest BCUT2D eigenvalue weighted by Crippen LogP contribution is 2.15. The van der Waals surface area contributed by atoms with Gasteiger partial charge in [0.15, 0.2) is 15.8 Å². The van der Waals surface area contributed by atoms with E-state index in [0.717, 1.165) is 25.9 Å². The van der Waals surface area contributed by atoms with Crippen LogP contribution in [0.25, 0.3) is 0 Å². The second-order valence-corrected chi connectivity index (χ2v) is 8.78. The van der Waals surface area contributed by atoms with Crippen LogP contribution in [-0.4, -0.2) is 33.7 Å². The Kier molecular flexibility index (Phi) is 12.0. The first-order valence-electron chi connectivity index (χ1n) is 8.68. The molecule has 1 rings (SSSR count). The Morgan fingerprint density at radius 3 is 2.50 bits per heavy atom. The van der Waals surface area contributed by atoms with Gasteiger partial charge in [-0.25, -0.2) is 17.8 Å². The smallest absolute Gasteiger partial charge is 0.191 e. The third-order valence-electron chi connectivity index (χ3n) is 3.59. The minimum atomic E-state index is -3.19. The average Bonchev–Trinajstić information content (AvgIpc) is 2.49. The lowest BCUT2D eigenvalue weighted by molar-refractivity contribution is 0.549. The standard InChI is InChI=1S/C18H30FN3O2S.HI/c1-5-20-18(21-10-6-7-14(2)3)22-12-16-11-17(19)9-8-15(16)13-25(4,23)24;/h8-9,11,14H,5-7,10,12-13H2,1-4H3,(H2,20,21,22);1H. The van der Waals surface area contributed by atoms with Crippen LogP contribution in [0.3, 0.4) is 0 Å². The Labute approximate surface area is 174 Å². The van der Waals surface area contributed by atoms with Gasteiger partial charge in [0.25, 0.3) is 0 Å². The van der Waals surface area contributed by atoms with Crippen molar-refractivity contribution < 1.29 is 12.8 Å². The molecule has 0 fully saturated rings. The fourth-order valence-electron chi connectivity index (χ4n) is 2.39. The minimum absolute atomic E-state index is 0. The summed E-state index contributed by atoms with van der Waals surface area (Å²) in [5.74, 6) is 0.807. The molecule has 0 aliphatic heterocycles. The maximum Gasteiger partial charge on any atom is 0.191 e. The van der Waals surface area contributed by atoms with Crippen molar-refractivity contribution >= 4 is 39.8 Å². The summed E-state index contributed by atoms with van der Waals surface area (Å²) in [6.45, 7) is 8.10. The molecular weight excluding hydrogens is 468 g/mol. The highest BCUT2D eigenvalue weighted by Gasteiger charge is 2.10. The third kappa shape index (κ3) is 10.9. The van der Waals surface area contributed by atoms with Gasteiger partial charge < -0.3 is 10.6 Å². The van der Waals surface area contributed by atoms with Crippen LogP contribution in [0.5, 0.6) is 0 Å². The first-order chi connectivity index (χ1) is 11.7. The maximum absolute atomic E-state index is 13.5. The fraction of sp³-hybridized carbons (Fsp3) is 0.611. The summed E-state index contributed by atoms with van der Waals surface area (Å²) in [4.78, 5) is 4.47. The summed E-state index contributed by atoms with van der Waals surface area (Å²) >= 11 is 0. The van der Waals surface area contributed by atoms with E-state index in [1.807, 2.05) is 6.92 Å². The van der Waals surface area contributed by atoms with Crippen molar-refractivity contribution in [2.75, 3.05) is 19.3 Å². The molecular formula is C18H31FIN3O2S. The molecule has 0 saturated heterocycles. The van der Waals surface area contributed by atoms with Crippen molar-refractivity contribution in [1.82, 2.24) is 10.6 Å². The van der Waals surface area contributed by atoms with Gasteiger partial charge in [-0.2, -0.15) is 0 Å². The SMILES string of the molecule is CCNC(=NCc1cc(F)ccc1CS(C)(=O)=O)NCCCC(C)C.I. The zero-order chi connectivity index (χ0) is 18.9. The Balaban J connectivity index is 0.00000625. The Bertz CT molecular complexity index is 679. The second kappa shape index (κ2) is 12.5. The molecule has 0 saturated carbocycles. The van der Waals surface area contributed by atoms with Crippen molar-refractivity contribution in [3.63, 3.8) is 0 Å². The summed E-state index contributed by atoms with van der Waals surface area (Å²) < 4.78 is 36.7. The third-order valence-corrected chi connectivity index (χ3v) is 4.42. The van der Waals surface area contributed by atoms with Crippen molar-refractivity contribution in [2.45, 2.75) is 45.9 Å². The lowest BCUT2D eigenvalue weighted by Gasteiger charge is -2.13. The number of sulfone groups is 1. The number of hydrogen-bond donors (Lipinski definition) is 2. The maximum atomic E-state index is 13.5. The van der Waals surface area contributed by atoms with Gasteiger partial charge in [-0.15, -0.1) is 24.0 Å². The van der Waals surface area contributed by atoms with Gasteiger partial charge in [0.1, 0.15) is 5.82 Å².